The number of halogens is 1. The van der Waals surface area contributed by atoms with Gasteiger partial charge in [-0.25, -0.2) is 0 Å². The van der Waals surface area contributed by atoms with E-state index in [0.29, 0.717) is 55.9 Å². The van der Waals surface area contributed by atoms with E-state index in [-0.39, 0.29) is 24.3 Å². The highest BCUT2D eigenvalue weighted by Crippen LogP contribution is 2.30. The van der Waals surface area contributed by atoms with Gasteiger partial charge in [0.2, 0.25) is 17.6 Å². The third-order valence-electron chi connectivity index (χ3n) is 8.40. The van der Waals surface area contributed by atoms with Crippen LogP contribution in [0.4, 0.5) is 5.69 Å². The molecule has 0 spiro atoms. The standard InChI is InChI=1S/C34H39ClN8O2/c1-23(2)22-43-39-33(38-40-43)28-9-5-6-10-31(28)41-15-17-42(18-16-41)34(45)30(19-24-11-13-26(35)14-12-24)37-32(44)20-29-27-8-4-3-7-25(27)21-36-29/h3-14,23,29-30,36H,15-22H2,1-2H3,(H,37,44)/t29?,30-/m1/s1. The van der Waals surface area contributed by atoms with Gasteiger partial charge in [0.05, 0.1) is 6.54 Å². The van der Waals surface area contributed by atoms with Gasteiger partial charge in [-0.2, -0.15) is 4.80 Å². The summed E-state index contributed by atoms with van der Waals surface area (Å²) in [4.78, 5) is 33.1. The number of aromatic nitrogens is 4. The van der Waals surface area contributed by atoms with Gasteiger partial charge in [-0.3, -0.25) is 9.59 Å². The first-order valence-corrected chi connectivity index (χ1v) is 16.0. The van der Waals surface area contributed by atoms with E-state index in [4.69, 9.17) is 11.6 Å². The molecular formula is C34H39ClN8O2. The molecule has 1 unspecified atom stereocenters. The van der Waals surface area contributed by atoms with Crippen LogP contribution in [0, 0.1) is 5.92 Å². The fourth-order valence-electron chi connectivity index (χ4n) is 6.14. The summed E-state index contributed by atoms with van der Waals surface area (Å²) in [5.74, 6) is 0.776. The summed E-state index contributed by atoms with van der Waals surface area (Å²) in [5, 5.41) is 20.3. The number of piperazine rings is 1. The van der Waals surface area contributed by atoms with Crippen molar-refractivity contribution in [3.63, 3.8) is 0 Å². The number of fused-ring (bicyclic) bond motifs is 1. The summed E-state index contributed by atoms with van der Waals surface area (Å²) >= 11 is 6.12. The quantitative estimate of drug-likeness (QED) is 0.271. The van der Waals surface area contributed by atoms with Crippen molar-refractivity contribution in [3.8, 4) is 11.4 Å². The van der Waals surface area contributed by atoms with Crippen LogP contribution in [0.25, 0.3) is 11.4 Å². The van der Waals surface area contributed by atoms with E-state index in [9.17, 15) is 9.59 Å². The highest BCUT2D eigenvalue weighted by molar-refractivity contribution is 6.30. The first-order chi connectivity index (χ1) is 21.8. The van der Waals surface area contributed by atoms with Crippen molar-refractivity contribution in [1.29, 1.82) is 0 Å². The zero-order valence-electron chi connectivity index (χ0n) is 25.7. The zero-order chi connectivity index (χ0) is 31.3. The number of tetrazole rings is 1. The van der Waals surface area contributed by atoms with Crippen LogP contribution in [0.5, 0.6) is 0 Å². The van der Waals surface area contributed by atoms with E-state index in [0.717, 1.165) is 28.9 Å². The number of benzene rings is 3. The molecule has 234 valence electrons. The molecule has 2 N–H and O–H groups in total. The smallest absolute Gasteiger partial charge is 0.245 e. The number of amides is 2. The number of anilines is 1. The van der Waals surface area contributed by atoms with E-state index in [2.05, 4.69) is 63.0 Å². The Balaban J connectivity index is 1.13. The van der Waals surface area contributed by atoms with Crippen molar-refractivity contribution in [3.05, 3.63) is 94.5 Å². The molecular weight excluding hydrogens is 588 g/mol. The molecule has 2 amide bonds. The Morgan fingerprint density at radius 1 is 0.978 bits per heavy atom. The summed E-state index contributed by atoms with van der Waals surface area (Å²) in [7, 11) is 0. The summed E-state index contributed by atoms with van der Waals surface area (Å²) in [6.07, 6.45) is 0.652. The predicted molar refractivity (Wildman–Crippen MR) is 175 cm³/mol. The fraction of sp³-hybridized carbons (Fsp3) is 0.382. The van der Waals surface area contributed by atoms with Crippen LogP contribution in [0.1, 0.15) is 43.0 Å². The maximum atomic E-state index is 14.0. The van der Waals surface area contributed by atoms with E-state index >= 15 is 0 Å². The minimum absolute atomic E-state index is 0.0717. The summed E-state index contributed by atoms with van der Waals surface area (Å²) in [6, 6.07) is 22.9. The van der Waals surface area contributed by atoms with Gasteiger partial charge >= 0.3 is 0 Å². The Labute approximate surface area is 268 Å². The lowest BCUT2D eigenvalue weighted by Crippen LogP contribution is -2.55. The molecule has 0 saturated carbocycles. The Bertz CT molecular complexity index is 1630. The number of carbonyl (C=O) groups excluding carboxylic acids is 2. The van der Waals surface area contributed by atoms with Crippen molar-refractivity contribution in [2.45, 2.75) is 51.9 Å². The highest BCUT2D eigenvalue weighted by Gasteiger charge is 2.31. The van der Waals surface area contributed by atoms with E-state index in [1.54, 1.807) is 4.80 Å². The molecule has 1 aromatic heterocycles. The molecule has 3 aromatic carbocycles. The fourth-order valence-corrected chi connectivity index (χ4v) is 6.26. The van der Waals surface area contributed by atoms with Gasteiger partial charge in [0, 0.05) is 67.9 Å². The molecule has 0 bridgehead atoms. The van der Waals surface area contributed by atoms with Gasteiger partial charge in [-0.15, -0.1) is 10.2 Å². The summed E-state index contributed by atoms with van der Waals surface area (Å²) in [6.45, 7) is 8.04. The Morgan fingerprint density at radius 2 is 1.71 bits per heavy atom. The molecule has 4 aromatic rings. The van der Waals surface area contributed by atoms with Gasteiger partial charge in [-0.1, -0.05) is 74.0 Å². The average molecular weight is 627 g/mol. The molecule has 0 aliphatic carbocycles. The van der Waals surface area contributed by atoms with Gasteiger partial charge in [0.25, 0.3) is 0 Å². The monoisotopic (exact) mass is 626 g/mol. The van der Waals surface area contributed by atoms with Crippen molar-refractivity contribution in [1.82, 2.24) is 35.7 Å². The van der Waals surface area contributed by atoms with Crippen molar-refractivity contribution >= 4 is 29.1 Å². The number of para-hydroxylation sites is 1. The SMILES string of the molecule is CC(C)Cn1nnc(-c2ccccc2N2CCN(C(=O)[C@@H](Cc3ccc(Cl)cc3)NC(=O)CC3NCc4ccccc43)CC2)n1. The van der Waals surface area contributed by atoms with Crippen LogP contribution < -0.4 is 15.5 Å². The number of nitrogens with zero attached hydrogens (tertiary/aromatic N) is 6. The van der Waals surface area contributed by atoms with Crippen LogP contribution in [-0.2, 0) is 29.1 Å². The number of rotatable bonds is 10. The molecule has 2 aliphatic heterocycles. The van der Waals surface area contributed by atoms with Gasteiger partial charge < -0.3 is 20.4 Å². The molecule has 2 atom stereocenters. The minimum atomic E-state index is -0.686. The molecule has 1 fully saturated rings. The second kappa shape index (κ2) is 13.8. The summed E-state index contributed by atoms with van der Waals surface area (Å²) < 4.78 is 0. The van der Waals surface area contributed by atoms with Crippen molar-refractivity contribution in [2.75, 3.05) is 31.1 Å². The van der Waals surface area contributed by atoms with Crippen LogP contribution >= 0.6 is 11.6 Å². The topological polar surface area (TPSA) is 108 Å². The van der Waals surface area contributed by atoms with Gasteiger partial charge in [-0.05, 0) is 52.1 Å². The van der Waals surface area contributed by atoms with E-state index < -0.39 is 6.04 Å². The first kappa shape index (κ1) is 30.7. The van der Waals surface area contributed by atoms with Gasteiger partial charge in [0.1, 0.15) is 6.04 Å². The Morgan fingerprint density at radius 3 is 2.49 bits per heavy atom. The predicted octanol–water partition coefficient (Wildman–Crippen LogP) is 4.26. The maximum absolute atomic E-state index is 14.0. The second-order valence-corrected chi connectivity index (χ2v) is 12.6. The normalized spacial score (nSPS) is 16.9. The number of hydrogen-bond donors (Lipinski definition) is 2. The van der Waals surface area contributed by atoms with Crippen LogP contribution in [0.3, 0.4) is 0 Å². The maximum Gasteiger partial charge on any atom is 0.245 e. The Kier molecular flexibility index (Phi) is 9.42. The number of carbonyl (C=O) groups is 2. The van der Waals surface area contributed by atoms with Crippen molar-refractivity contribution in [2.24, 2.45) is 5.92 Å². The van der Waals surface area contributed by atoms with E-state index in [1.807, 2.05) is 59.5 Å². The van der Waals surface area contributed by atoms with E-state index in [1.165, 1.54) is 5.56 Å². The molecule has 10 nitrogen and oxygen atoms in total. The molecule has 0 radical (unpaired) electrons. The zero-order valence-corrected chi connectivity index (χ0v) is 26.5. The van der Waals surface area contributed by atoms with Crippen LogP contribution in [-0.4, -0.2) is 69.1 Å². The molecule has 11 heteroatoms. The second-order valence-electron chi connectivity index (χ2n) is 12.2. The highest BCUT2D eigenvalue weighted by atomic mass is 35.5. The number of hydrogen-bond acceptors (Lipinski definition) is 7. The molecule has 2 aliphatic rings. The first-order valence-electron chi connectivity index (χ1n) is 15.6. The van der Waals surface area contributed by atoms with Crippen LogP contribution in [0.2, 0.25) is 5.02 Å². The molecule has 3 heterocycles. The lowest BCUT2D eigenvalue weighted by molar-refractivity contribution is -0.136. The Hall–Kier alpha value is -4.28. The molecule has 6 rings (SSSR count). The number of nitrogens with one attached hydrogen (secondary N) is 2. The lowest BCUT2D eigenvalue weighted by atomic mass is 10.0. The van der Waals surface area contributed by atoms with Crippen molar-refractivity contribution < 1.29 is 9.59 Å². The van der Waals surface area contributed by atoms with Crippen LogP contribution in [0.15, 0.2) is 72.8 Å². The third-order valence-corrected chi connectivity index (χ3v) is 8.66. The van der Waals surface area contributed by atoms with Gasteiger partial charge in [0.15, 0.2) is 0 Å². The minimum Gasteiger partial charge on any atom is -0.367 e. The average Bonchev–Trinajstić information content (AvgIpc) is 3.68. The summed E-state index contributed by atoms with van der Waals surface area (Å²) in [5.41, 5.74) is 5.22. The lowest BCUT2D eigenvalue weighted by Gasteiger charge is -2.38. The largest absolute Gasteiger partial charge is 0.367 e. The molecule has 1 saturated heterocycles. The third kappa shape index (κ3) is 7.34. The molecule has 45 heavy (non-hydrogen) atoms.